The number of aliphatic carboxylic acids is 1. The van der Waals surface area contributed by atoms with E-state index in [1.165, 1.54) is 0 Å². The van der Waals surface area contributed by atoms with Crippen molar-refractivity contribution in [2.45, 2.75) is 32.4 Å². The molecule has 0 aliphatic carbocycles. The molecule has 1 aromatic rings. The van der Waals surface area contributed by atoms with Gasteiger partial charge in [0.1, 0.15) is 6.04 Å². The molecule has 0 aliphatic rings. The van der Waals surface area contributed by atoms with E-state index >= 15 is 0 Å². The molecule has 82 valence electrons. The summed E-state index contributed by atoms with van der Waals surface area (Å²) in [5.41, 5.74) is 0.797. The monoisotopic (exact) mass is 207 g/mol. The van der Waals surface area contributed by atoms with E-state index in [1.54, 1.807) is 0 Å². The van der Waals surface area contributed by atoms with Crippen LogP contribution in [-0.2, 0) is 4.79 Å². The third-order valence-corrected chi connectivity index (χ3v) is 2.44. The van der Waals surface area contributed by atoms with E-state index in [4.69, 9.17) is 5.11 Å². The van der Waals surface area contributed by atoms with E-state index in [0.717, 1.165) is 12.0 Å². The van der Waals surface area contributed by atoms with Gasteiger partial charge in [0.15, 0.2) is 0 Å². The molecule has 0 bridgehead atoms. The third-order valence-electron chi connectivity index (χ3n) is 2.44. The Hall–Kier alpha value is -1.35. The summed E-state index contributed by atoms with van der Waals surface area (Å²) in [6, 6.07) is 8.83. The van der Waals surface area contributed by atoms with Crippen molar-refractivity contribution in [1.29, 1.82) is 0 Å². The molecule has 0 heterocycles. The van der Waals surface area contributed by atoms with Gasteiger partial charge in [0.25, 0.3) is 0 Å². The zero-order valence-corrected chi connectivity index (χ0v) is 9.10. The summed E-state index contributed by atoms with van der Waals surface area (Å²) in [5.74, 6) is -0.832. The molecule has 2 unspecified atom stereocenters. The normalized spacial score (nSPS) is 14.5. The lowest BCUT2D eigenvalue weighted by molar-refractivity contribution is -0.139. The van der Waals surface area contributed by atoms with E-state index in [0.29, 0.717) is 0 Å². The number of nitrogens with one attached hydrogen (secondary N) is 1. The topological polar surface area (TPSA) is 49.3 Å². The van der Waals surface area contributed by atoms with Gasteiger partial charge in [0.05, 0.1) is 0 Å². The van der Waals surface area contributed by atoms with Crippen molar-refractivity contribution in [1.82, 2.24) is 5.32 Å². The highest BCUT2D eigenvalue weighted by Gasteiger charge is 2.20. The van der Waals surface area contributed by atoms with Crippen LogP contribution in [0.2, 0.25) is 0 Å². The summed E-state index contributed by atoms with van der Waals surface area (Å²) in [5, 5.41) is 12.2. The molecular formula is C12H17NO2. The fourth-order valence-corrected chi connectivity index (χ4v) is 1.36. The summed E-state index contributed by atoms with van der Waals surface area (Å²) in [6.07, 6.45) is 0.913. The number of carboxylic acids is 1. The molecular weight excluding hydrogens is 190 g/mol. The molecule has 1 rings (SSSR count). The van der Waals surface area contributed by atoms with Crippen LogP contribution in [0.25, 0.3) is 0 Å². The first-order chi connectivity index (χ1) is 7.15. The van der Waals surface area contributed by atoms with Crippen LogP contribution < -0.4 is 5.32 Å². The highest BCUT2D eigenvalue weighted by atomic mass is 16.4. The highest BCUT2D eigenvalue weighted by molar-refractivity contribution is 5.75. The van der Waals surface area contributed by atoms with Crippen LogP contribution >= 0.6 is 0 Å². The highest BCUT2D eigenvalue weighted by Crippen LogP contribution is 2.13. The quantitative estimate of drug-likeness (QED) is 0.778. The molecule has 3 heteroatoms. The van der Waals surface area contributed by atoms with Gasteiger partial charge in [-0.15, -0.1) is 0 Å². The van der Waals surface area contributed by atoms with Crippen molar-refractivity contribution in [2.75, 3.05) is 0 Å². The molecule has 2 atom stereocenters. The minimum atomic E-state index is -0.832. The van der Waals surface area contributed by atoms with Crippen LogP contribution in [0.4, 0.5) is 0 Å². The van der Waals surface area contributed by atoms with E-state index < -0.39 is 12.0 Å². The maximum Gasteiger partial charge on any atom is 0.325 e. The summed E-state index contributed by atoms with van der Waals surface area (Å²) in [6.45, 7) is 4.01. The number of hydrogen-bond donors (Lipinski definition) is 2. The van der Waals surface area contributed by atoms with Gasteiger partial charge >= 0.3 is 5.97 Å². The van der Waals surface area contributed by atoms with Crippen LogP contribution in [0.15, 0.2) is 30.3 Å². The Morgan fingerprint density at radius 2 is 2.00 bits per heavy atom. The molecule has 0 radical (unpaired) electrons. The lowest BCUT2D eigenvalue weighted by Gasteiger charge is -2.19. The predicted molar refractivity (Wildman–Crippen MR) is 59.7 cm³/mol. The van der Waals surface area contributed by atoms with E-state index in [9.17, 15) is 4.79 Å². The van der Waals surface area contributed by atoms with E-state index in [2.05, 4.69) is 5.32 Å². The van der Waals surface area contributed by atoms with Gasteiger partial charge in [0.2, 0.25) is 0 Å². The Morgan fingerprint density at radius 1 is 1.40 bits per heavy atom. The molecule has 2 N–H and O–H groups in total. The van der Waals surface area contributed by atoms with E-state index in [1.807, 2.05) is 44.2 Å². The van der Waals surface area contributed by atoms with Crippen molar-refractivity contribution in [3.63, 3.8) is 0 Å². The van der Waals surface area contributed by atoms with Crippen LogP contribution in [0, 0.1) is 0 Å². The number of carboxylic acid groups (broad SMARTS) is 1. The van der Waals surface area contributed by atoms with Gasteiger partial charge in [-0.1, -0.05) is 37.3 Å². The standard InChI is InChI=1S/C12H17NO2/c1-3-9(2)13-11(12(14)15)10-7-5-4-6-8-10/h4-9,11,13H,3H2,1-2H3,(H,14,15). The molecule has 0 aromatic heterocycles. The summed E-state index contributed by atoms with van der Waals surface area (Å²) >= 11 is 0. The average molecular weight is 207 g/mol. The predicted octanol–water partition coefficient (Wildman–Crippen LogP) is 2.20. The van der Waals surface area contributed by atoms with Crippen molar-refractivity contribution in [3.05, 3.63) is 35.9 Å². The lowest BCUT2D eigenvalue weighted by Crippen LogP contribution is -2.34. The van der Waals surface area contributed by atoms with Gasteiger partial charge < -0.3 is 5.11 Å². The maximum atomic E-state index is 11.1. The number of hydrogen-bond acceptors (Lipinski definition) is 2. The lowest BCUT2D eigenvalue weighted by atomic mass is 10.1. The van der Waals surface area contributed by atoms with Crippen molar-refractivity contribution >= 4 is 5.97 Å². The van der Waals surface area contributed by atoms with Crippen molar-refractivity contribution in [2.24, 2.45) is 0 Å². The largest absolute Gasteiger partial charge is 0.480 e. The van der Waals surface area contributed by atoms with Gasteiger partial charge in [0, 0.05) is 6.04 Å². The summed E-state index contributed by atoms with van der Waals surface area (Å²) in [7, 11) is 0. The minimum absolute atomic E-state index is 0.200. The molecule has 0 saturated carbocycles. The van der Waals surface area contributed by atoms with Gasteiger partial charge in [-0.2, -0.15) is 0 Å². The molecule has 15 heavy (non-hydrogen) atoms. The second-order valence-electron chi connectivity index (χ2n) is 3.66. The molecule has 0 fully saturated rings. The second kappa shape index (κ2) is 5.51. The first-order valence-electron chi connectivity index (χ1n) is 5.19. The van der Waals surface area contributed by atoms with E-state index in [-0.39, 0.29) is 6.04 Å². The van der Waals surface area contributed by atoms with Crippen molar-refractivity contribution in [3.8, 4) is 0 Å². The smallest absolute Gasteiger partial charge is 0.325 e. The van der Waals surface area contributed by atoms with Crippen LogP contribution in [0.1, 0.15) is 31.9 Å². The van der Waals surface area contributed by atoms with Crippen LogP contribution in [-0.4, -0.2) is 17.1 Å². The second-order valence-corrected chi connectivity index (χ2v) is 3.66. The van der Waals surface area contributed by atoms with Crippen molar-refractivity contribution < 1.29 is 9.90 Å². The Morgan fingerprint density at radius 3 is 2.47 bits per heavy atom. The summed E-state index contributed by atoms with van der Waals surface area (Å²) < 4.78 is 0. The van der Waals surface area contributed by atoms with Crippen LogP contribution in [0.5, 0.6) is 0 Å². The fourth-order valence-electron chi connectivity index (χ4n) is 1.36. The maximum absolute atomic E-state index is 11.1. The van der Waals surface area contributed by atoms with Gasteiger partial charge in [-0.05, 0) is 18.9 Å². The molecule has 0 aliphatic heterocycles. The first kappa shape index (κ1) is 11.7. The minimum Gasteiger partial charge on any atom is -0.480 e. The van der Waals surface area contributed by atoms with Crippen LogP contribution in [0.3, 0.4) is 0 Å². The van der Waals surface area contributed by atoms with Gasteiger partial charge in [-0.25, -0.2) is 0 Å². The molecule has 0 amide bonds. The Balaban J connectivity index is 2.80. The number of carbonyl (C=O) groups is 1. The number of rotatable bonds is 5. The Kier molecular flexibility index (Phi) is 4.31. The van der Waals surface area contributed by atoms with Gasteiger partial charge in [-0.3, -0.25) is 10.1 Å². The third kappa shape index (κ3) is 3.36. The molecule has 3 nitrogen and oxygen atoms in total. The first-order valence-corrected chi connectivity index (χ1v) is 5.19. The average Bonchev–Trinajstić information content (AvgIpc) is 2.26. The SMILES string of the molecule is CCC(C)NC(C(=O)O)c1ccccc1. The Labute approximate surface area is 90.1 Å². The zero-order valence-electron chi connectivity index (χ0n) is 9.10. The molecule has 1 aromatic carbocycles. The summed E-state index contributed by atoms with van der Waals surface area (Å²) in [4.78, 5) is 11.1. The fraction of sp³-hybridized carbons (Fsp3) is 0.417. The molecule has 0 saturated heterocycles. The Bertz CT molecular complexity index is 311. The molecule has 0 spiro atoms. The zero-order chi connectivity index (χ0) is 11.3. The number of benzene rings is 1.